The van der Waals surface area contributed by atoms with Gasteiger partial charge in [-0.05, 0) is 13.0 Å². The van der Waals surface area contributed by atoms with Gasteiger partial charge in [0.2, 0.25) is 0 Å². The lowest BCUT2D eigenvalue weighted by Gasteiger charge is -2.05. The summed E-state index contributed by atoms with van der Waals surface area (Å²) in [5.74, 6) is 0. The predicted octanol–water partition coefficient (Wildman–Crippen LogP) is 0.911. The molecule has 2 nitrogen and oxygen atoms in total. The molecule has 0 fully saturated rings. The van der Waals surface area contributed by atoms with Gasteiger partial charge in [-0.1, -0.05) is 0 Å². The molecule has 11 heavy (non-hydrogen) atoms. The van der Waals surface area contributed by atoms with Crippen LogP contribution in [0.25, 0.3) is 0 Å². The van der Waals surface area contributed by atoms with Crippen LogP contribution in [-0.4, -0.2) is 31.0 Å². The van der Waals surface area contributed by atoms with Gasteiger partial charge in [-0.2, -0.15) is 13.2 Å². The molecule has 68 valence electrons. The third kappa shape index (κ3) is 9.71. The molecule has 0 aromatic carbocycles. The van der Waals surface area contributed by atoms with Gasteiger partial charge >= 0.3 is 6.18 Å². The third-order valence-electron chi connectivity index (χ3n) is 1.10. The van der Waals surface area contributed by atoms with E-state index < -0.39 is 12.6 Å². The number of halogens is 3. The standard InChI is InChI=1S/C6H12F3NO/c7-6(8,9)2-1-3-10-4-5-11/h10-11H,1-5H2. The molecule has 0 saturated heterocycles. The lowest BCUT2D eigenvalue weighted by Crippen LogP contribution is -2.21. The molecule has 0 aliphatic carbocycles. The molecular weight excluding hydrogens is 159 g/mol. The molecule has 0 bridgehead atoms. The number of hydrogen-bond acceptors (Lipinski definition) is 2. The first-order chi connectivity index (χ1) is 5.06. The smallest absolute Gasteiger partial charge is 0.389 e. The van der Waals surface area contributed by atoms with Gasteiger partial charge in [-0.15, -0.1) is 0 Å². The van der Waals surface area contributed by atoms with Crippen LogP contribution in [0.15, 0.2) is 0 Å². The van der Waals surface area contributed by atoms with E-state index in [9.17, 15) is 13.2 Å². The minimum atomic E-state index is -4.05. The largest absolute Gasteiger partial charge is 0.395 e. The Morgan fingerprint density at radius 1 is 1.18 bits per heavy atom. The molecule has 0 spiro atoms. The van der Waals surface area contributed by atoms with Crippen LogP contribution < -0.4 is 5.32 Å². The number of nitrogens with one attached hydrogen (secondary N) is 1. The zero-order valence-electron chi connectivity index (χ0n) is 6.12. The molecule has 0 amide bonds. The van der Waals surface area contributed by atoms with Crippen LogP contribution in [0.4, 0.5) is 13.2 Å². The molecule has 0 aliphatic rings. The number of alkyl halides is 3. The zero-order valence-corrected chi connectivity index (χ0v) is 6.12. The fourth-order valence-corrected chi connectivity index (χ4v) is 0.618. The molecule has 0 aromatic heterocycles. The molecule has 0 radical (unpaired) electrons. The number of aliphatic hydroxyl groups excluding tert-OH is 1. The summed E-state index contributed by atoms with van der Waals surface area (Å²) in [6.07, 6.45) is -4.74. The van der Waals surface area contributed by atoms with Gasteiger partial charge in [0.15, 0.2) is 0 Å². The maximum Gasteiger partial charge on any atom is 0.389 e. The molecular formula is C6H12F3NO. The Morgan fingerprint density at radius 3 is 2.27 bits per heavy atom. The number of hydrogen-bond donors (Lipinski definition) is 2. The Hall–Kier alpha value is -0.290. The topological polar surface area (TPSA) is 32.3 Å². The fourth-order valence-electron chi connectivity index (χ4n) is 0.618. The molecule has 2 N–H and O–H groups in total. The summed E-state index contributed by atoms with van der Waals surface area (Å²) in [5, 5.41) is 10.9. The molecule has 0 aliphatic heterocycles. The molecule has 0 heterocycles. The van der Waals surface area contributed by atoms with E-state index >= 15 is 0 Å². The van der Waals surface area contributed by atoms with Crippen molar-refractivity contribution in [2.75, 3.05) is 19.7 Å². The Morgan fingerprint density at radius 2 is 1.82 bits per heavy atom. The van der Waals surface area contributed by atoms with Crippen LogP contribution >= 0.6 is 0 Å². The first-order valence-electron chi connectivity index (χ1n) is 3.44. The van der Waals surface area contributed by atoms with E-state index in [4.69, 9.17) is 5.11 Å². The van der Waals surface area contributed by atoms with Crippen molar-refractivity contribution in [1.29, 1.82) is 0 Å². The zero-order chi connectivity index (χ0) is 8.74. The van der Waals surface area contributed by atoms with Crippen molar-refractivity contribution in [3.05, 3.63) is 0 Å². The van der Waals surface area contributed by atoms with Gasteiger partial charge in [-0.25, -0.2) is 0 Å². The van der Waals surface area contributed by atoms with Crippen LogP contribution in [0, 0.1) is 0 Å². The third-order valence-corrected chi connectivity index (χ3v) is 1.10. The van der Waals surface area contributed by atoms with E-state index in [1.54, 1.807) is 0 Å². The van der Waals surface area contributed by atoms with E-state index in [1.165, 1.54) is 0 Å². The minimum Gasteiger partial charge on any atom is -0.395 e. The maximum atomic E-state index is 11.5. The van der Waals surface area contributed by atoms with Crippen molar-refractivity contribution >= 4 is 0 Å². The number of aliphatic hydroxyl groups is 1. The summed E-state index contributed by atoms with van der Waals surface area (Å²) in [6.45, 7) is 0.629. The summed E-state index contributed by atoms with van der Waals surface area (Å²) < 4.78 is 34.5. The maximum absolute atomic E-state index is 11.5. The highest BCUT2D eigenvalue weighted by atomic mass is 19.4. The molecule has 0 rings (SSSR count). The molecule has 0 unspecified atom stereocenters. The average molecular weight is 171 g/mol. The first-order valence-corrected chi connectivity index (χ1v) is 3.44. The van der Waals surface area contributed by atoms with Crippen LogP contribution in [0.2, 0.25) is 0 Å². The Balaban J connectivity index is 3.02. The van der Waals surface area contributed by atoms with Gasteiger partial charge in [-0.3, -0.25) is 0 Å². The van der Waals surface area contributed by atoms with Crippen LogP contribution in [0.5, 0.6) is 0 Å². The van der Waals surface area contributed by atoms with Gasteiger partial charge < -0.3 is 10.4 Å². The lowest BCUT2D eigenvalue weighted by atomic mass is 10.3. The molecule has 0 aromatic rings. The van der Waals surface area contributed by atoms with Crippen molar-refractivity contribution in [3.63, 3.8) is 0 Å². The Bertz CT molecular complexity index is 94.3. The lowest BCUT2D eigenvalue weighted by molar-refractivity contribution is -0.135. The average Bonchev–Trinajstić information content (AvgIpc) is 1.85. The minimum absolute atomic E-state index is 0.0357. The Labute approximate surface area is 63.4 Å². The van der Waals surface area contributed by atoms with E-state index in [1.807, 2.05) is 0 Å². The van der Waals surface area contributed by atoms with Crippen LogP contribution in [-0.2, 0) is 0 Å². The highest BCUT2D eigenvalue weighted by Gasteiger charge is 2.25. The van der Waals surface area contributed by atoms with E-state index in [-0.39, 0.29) is 13.0 Å². The predicted molar refractivity (Wildman–Crippen MR) is 35.2 cm³/mol. The fraction of sp³-hybridized carbons (Fsp3) is 1.00. The van der Waals surface area contributed by atoms with Gasteiger partial charge in [0.05, 0.1) is 6.61 Å². The molecule has 0 saturated carbocycles. The quantitative estimate of drug-likeness (QED) is 0.602. The van der Waals surface area contributed by atoms with E-state index in [0.29, 0.717) is 13.1 Å². The van der Waals surface area contributed by atoms with E-state index in [0.717, 1.165) is 0 Å². The second kappa shape index (κ2) is 5.37. The van der Waals surface area contributed by atoms with Crippen molar-refractivity contribution < 1.29 is 18.3 Å². The van der Waals surface area contributed by atoms with Crippen molar-refractivity contribution in [3.8, 4) is 0 Å². The Kier molecular flexibility index (Phi) is 5.23. The SMILES string of the molecule is OCCNCCCC(F)(F)F. The monoisotopic (exact) mass is 171 g/mol. The number of rotatable bonds is 5. The molecule has 0 atom stereocenters. The second-order valence-electron chi connectivity index (χ2n) is 2.19. The highest BCUT2D eigenvalue weighted by molar-refractivity contribution is 4.53. The van der Waals surface area contributed by atoms with Crippen LogP contribution in [0.3, 0.4) is 0 Å². The van der Waals surface area contributed by atoms with Gasteiger partial charge in [0.1, 0.15) is 0 Å². The van der Waals surface area contributed by atoms with Crippen molar-refractivity contribution in [2.45, 2.75) is 19.0 Å². The summed E-state index contributed by atoms with van der Waals surface area (Å²) in [7, 11) is 0. The second-order valence-corrected chi connectivity index (χ2v) is 2.19. The summed E-state index contributed by atoms with van der Waals surface area (Å²) in [5.41, 5.74) is 0. The van der Waals surface area contributed by atoms with Gasteiger partial charge in [0.25, 0.3) is 0 Å². The van der Waals surface area contributed by atoms with Crippen molar-refractivity contribution in [1.82, 2.24) is 5.32 Å². The normalized spacial score (nSPS) is 12.0. The molecule has 5 heteroatoms. The first kappa shape index (κ1) is 10.7. The summed E-state index contributed by atoms with van der Waals surface area (Å²) in [6, 6.07) is 0. The van der Waals surface area contributed by atoms with Gasteiger partial charge in [0, 0.05) is 13.0 Å². The summed E-state index contributed by atoms with van der Waals surface area (Å²) >= 11 is 0. The summed E-state index contributed by atoms with van der Waals surface area (Å²) in [4.78, 5) is 0. The van der Waals surface area contributed by atoms with E-state index in [2.05, 4.69) is 5.32 Å². The highest BCUT2D eigenvalue weighted by Crippen LogP contribution is 2.20. The van der Waals surface area contributed by atoms with Crippen molar-refractivity contribution in [2.24, 2.45) is 0 Å². The van der Waals surface area contributed by atoms with Crippen LogP contribution in [0.1, 0.15) is 12.8 Å².